The smallest absolute Gasteiger partial charge is 0.267 e. The number of hydrogen-bond acceptors (Lipinski definition) is 3. The van der Waals surface area contributed by atoms with Gasteiger partial charge >= 0.3 is 0 Å². The van der Waals surface area contributed by atoms with Crippen molar-refractivity contribution in [3.8, 4) is 0 Å². The molecule has 5 heteroatoms. The molecule has 1 aromatic carbocycles. The van der Waals surface area contributed by atoms with Gasteiger partial charge in [0.15, 0.2) is 0 Å². The van der Waals surface area contributed by atoms with Crippen LogP contribution in [0.3, 0.4) is 0 Å². The average Bonchev–Trinajstić information content (AvgIpc) is 3.05. The Balaban J connectivity index is 1.47. The van der Waals surface area contributed by atoms with Crippen molar-refractivity contribution in [2.24, 2.45) is 0 Å². The quantitative estimate of drug-likeness (QED) is 0.751. The molecule has 4 N–H and O–H groups in total. The lowest BCUT2D eigenvalue weighted by molar-refractivity contribution is 0.0933. The molecule has 4 rings (SSSR count). The van der Waals surface area contributed by atoms with Crippen molar-refractivity contribution >= 4 is 22.5 Å². The molecule has 2 heterocycles. The molecular formula is C16H20N4O. The Morgan fingerprint density at radius 3 is 2.95 bits per heavy atom. The molecule has 110 valence electrons. The van der Waals surface area contributed by atoms with Crippen molar-refractivity contribution in [1.82, 2.24) is 15.2 Å². The van der Waals surface area contributed by atoms with E-state index in [0.29, 0.717) is 11.4 Å². The number of carbonyl (C=O) groups is 1. The van der Waals surface area contributed by atoms with Gasteiger partial charge in [0.2, 0.25) is 0 Å². The fourth-order valence-corrected chi connectivity index (χ4v) is 3.24. The number of likely N-dealkylation sites (tertiary alicyclic amines) is 1. The third-order valence-electron chi connectivity index (χ3n) is 4.55. The highest BCUT2D eigenvalue weighted by Gasteiger charge is 2.34. The number of carbonyl (C=O) groups excluding carboxylic acids is 1. The molecule has 1 amide bonds. The molecule has 1 aromatic heterocycles. The zero-order valence-corrected chi connectivity index (χ0v) is 11.9. The summed E-state index contributed by atoms with van der Waals surface area (Å²) in [4.78, 5) is 18.0. The summed E-state index contributed by atoms with van der Waals surface area (Å²) in [5.41, 5.74) is 8.03. The van der Waals surface area contributed by atoms with Gasteiger partial charge in [0.25, 0.3) is 5.91 Å². The fourth-order valence-electron chi connectivity index (χ4n) is 3.24. The molecule has 0 radical (unpaired) electrons. The van der Waals surface area contributed by atoms with E-state index in [1.807, 2.05) is 24.3 Å². The van der Waals surface area contributed by atoms with Crippen LogP contribution in [-0.2, 0) is 0 Å². The number of benzene rings is 1. The van der Waals surface area contributed by atoms with Crippen molar-refractivity contribution in [2.75, 3.05) is 18.8 Å². The Hall–Kier alpha value is -2.01. The highest BCUT2D eigenvalue weighted by molar-refractivity contribution is 6.00. The topological polar surface area (TPSA) is 74.2 Å². The van der Waals surface area contributed by atoms with Gasteiger partial charge in [-0.25, -0.2) is 0 Å². The minimum atomic E-state index is -0.0340. The van der Waals surface area contributed by atoms with Crippen LogP contribution in [0.2, 0.25) is 0 Å². The Kier molecular flexibility index (Phi) is 2.89. The van der Waals surface area contributed by atoms with E-state index in [4.69, 9.17) is 5.73 Å². The number of rotatable bonds is 3. The summed E-state index contributed by atoms with van der Waals surface area (Å²) in [5.74, 6) is -0.0340. The molecule has 0 spiro atoms. The van der Waals surface area contributed by atoms with Crippen molar-refractivity contribution < 1.29 is 4.79 Å². The zero-order valence-electron chi connectivity index (χ0n) is 11.9. The SMILES string of the molecule is Nc1cccc2cc(C(=O)NC3CCN(C4CC4)C3)[nH]c12. The number of amides is 1. The number of fused-ring (bicyclic) bond motifs is 1. The van der Waals surface area contributed by atoms with E-state index in [-0.39, 0.29) is 11.9 Å². The number of nitrogens with two attached hydrogens (primary N) is 1. The number of hydrogen-bond donors (Lipinski definition) is 3. The summed E-state index contributed by atoms with van der Waals surface area (Å²) in [6, 6.07) is 8.61. The molecule has 1 aliphatic heterocycles. The van der Waals surface area contributed by atoms with Crippen LogP contribution in [0, 0.1) is 0 Å². The number of aromatic amines is 1. The Morgan fingerprint density at radius 1 is 1.33 bits per heavy atom. The molecule has 2 aromatic rings. The van der Waals surface area contributed by atoms with Crippen LogP contribution in [0.5, 0.6) is 0 Å². The van der Waals surface area contributed by atoms with Gasteiger partial charge in [0, 0.05) is 30.6 Å². The van der Waals surface area contributed by atoms with E-state index in [1.54, 1.807) is 0 Å². The minimum absolute atomic E-state index is 0.0340. The molecule has 1 atom stereocenters. The molecule has 21 heavy (non-hydrogen) atoms. The summed E-state index contributed by atoms with van der Waals surface area (Å²) in [7, 11) is 0. The average molecular weight is 284 g/mol. The van der Waals surface area contributed by atoms with E-state index in [0.717, 1.165) is 36.5 Å². The third-order valence-corrected chi connectivity index (χ3v) is 4.55. The van der Waals surface area contributed by atoms with E-state index < -0.39 is 0 Å². The zero-order chi connectivity index (χ0) is 14.4. The summed E-state index contributed by atoms with van der Waals surface area (Å²) in [5, 5.41) is 4.11. The molecule has 1 saturated heterocycles. The highest BCUT2D eigenvalue weighted by Crippen LogP contribution is 2.30. The van der Waals surface area contributed by atoms with Gasteiger partial charge in [0.05, 0.1) is 11.2 Å². The van der Waals surface area contributed by atoms with E-state index >= 15 is 0 Å². The van der Waals surface area contributed by atoms with Crippen LogP contribution in [-0.4, -0.2) is 41.0 Å². The minimum Gasteiger partial charge on any atom is -0.397 e. The molecule has 2 fully saturated rings. The van der Waals surface area contributed by atoms with Gasteiger partial charge in [-0.1, -0.05) is 12.1 Å². The largest absolute Gasteiger partial charge is 0.397 e. The van der Waals surface area contributed by atoms with Gasteiger partial charge < -0.3 is 16.0 Å². The van der Waals surface area contributed by atoms with Crippen molar-refractivity contribution in [1.29, 1.82) is 0 Å². The lowest BCUT2D eigenvalue weighted by atomic mass is 10.2. The first-order valence-electron chi connectivity index (χ1n) is 7.63. The maximum Gasteiger partial charge on any atom is 0.267 e. The van der Waals surface area contributed by atoms with Gasteiger partial charge in [-0.2, -0.15) is 0 Å². The number of nitrogen functional groups attached to an aromatic ring is 1. The number of aromatic nitrogens is 1. The summed E-state index contributed by atoms with van der Waals surface area (Å²) in [6.45, 7) is 2.09. The van der Waals surface area contributed by atoms with E-state index in [1.165, 1.54) is 12.8 Å². The molecule has 2 aliphatic rings. The van der Waals surface area contributed by atoms with Crippen LogP contribution in [0.25, 0.3) is 10.9 Å². The fraction of sp³-hybridized carbons (Fsp3) is 0.438. The number of nitrogens with zero attached hydrogens (tertiary/aromatic N) is 1. The van der Waals surface area contributed by atoms with Gasteiger partial charge in [-0.05, 0) is 31.4 Å². The van der Waals surface area contributed by atoms with Crippen LogP contribution >= 0.6 is 0 Å². The Labute approximate surface area is 123 Å². The summed E-state index contributed by atoms with van der Waals surface area (Å²) < 4.78 is 0. The van der Waals surface area contributed by atoms with Gasteiger partial charge in [0.1, 0.15) is 5.69 Å². The highest BCUT2D eigenvalue weighted by atomic mass is 16.2. The van der Waals surface area contributed by atoms with E-state index in [2.05, 4.69) is 15.2 Å². The van der Waals surface area contributed by atoms with Gasteiger partial charge in [-0.15, -0.1) is 0 Å². The number of nitrogens with one attached hydrogen (secondary N) is 2. The molecule has 1 unspecified atom stereocenters. The predicted octanol–water partition coefficient (Wildman–Crippen LogP) is 1.72. The normalized spacial score (nSPS) is 22.8. The number of anilines is 1. The maximum atomic E-state index is 12.4. The first kappa shape index (κ1) is 12.7. The maximum absolute atomic E-state index is 12.4. The third kappa shape index (κ3) is 2.38. The predicted molar refractivity (Wildman–Crippen MR) is 83.2 cm³/mol. The number of para-hydroxylation sites is 1. The van der Waals surface area contributed by atoms with Crippen LogP contribution in [0.1, 0.15) is 29.8 Å². The van der Waals surface area contributed by atoms with Crippen molar-refractivity contribution in [2.45, 2.75) is 31.3 Å². The lowest BCUT2D eigenvalue weighted by Gasteiger charge is -2.15. The van der Waals surface area contributed by atoms with E-state index in [9.17, 15) is 4.79 Å². The Morgan fingerprint density at radius 2 is 2.19 bits per heavy atom. The number of H-pyrrole nitrogens is 1. The van der Waals surface area contributed by atoms with Crippen molar-refractivity contribution in [3.05, 3.63) is 30.0 Å². The lowest BCUT2D eigenvalue weighted by Crippen LogP contribution is -2.37. The molecule has 1 aliphatic carbocycles. The molecular weight excluding hydrogens is 264 g/mol. The first-order valence-corrected chi connectivity index (χ1v) is 7.63. The monoisotopic (exact) mass is 284 g/mol. The second kappa shape index (κ2) is 4.77. The standard InChI is InChI=1S/C16H20N4O/c17-13-3-1-2-10-8-14(19-15(10)13)16(21)18-11-6-7-20(9-11)12-4-5-12/h1-3,8,11-12,19H,4-7,9,17H2,(H,18,21). The van der Waals surface area contributed by atoms with Crippen LogP contribution < -0.4 is 11.1 Å². The Bertz CT molecular complexity index is 689. The molecule has 1 saturated carbocycles. The molecule has 5 nitrogen and oxygen atoms in total. The van der Waals surface area contributed by atoms with Crippen molar-refractivity contribution in [3.63, 3.8) is 0 Å². The summed E-state index contributed by atoms with van der Waals surface area (Å²) in [6.07, 6.45) is 3.69. The van der Waals surface area contributed by atoms with Gasteiger partial charge in [-0.3, -0.25) is 9.69 Å². The second-order valence-corrected chi connectivity index (χ2v) is 6.18. The first-order chi connectivity index (χ1) is 10.2. The summed E-state index contributed by atoms with van der Waals surface area (Å²) >= 11 is 0. The van der Waals surface area contributed by atoms with Crippen LogP contribution in [0.4, 0.5) is 5.69 Å². The van der Waals surface area contributed by atoms with Crippen LogP contribution in [0.15, 0.2) is 24.3 Å². The molecule has 0 bridgehead atoms. The second-order valence-electron chi connectivity index (χ2n) is 6.18.